The first-order valence-corrected chi connectivity index (χ1v) is 12.8. The second kappa shape index (κ2) is 13.2. The van der Waals surface area contributed by atoms with Crippen molar-refractivity contribution in [2.45, 2.75) is 25.3 Å². The molecule has 0 spiro atoms. The Labute approximate surface area is 256 Å². The quantitative estimate of drug-likeness (QED) is 0.0428. The number of carbonyl (C=O) groups is 4. The maximum Gasteiger partial charge on any atom is 0.406 e. The molecule has 6 N–H and O–H groups in total. The van der Waals surface area contributed by atoms with E-state index in [2.05, 4.69) is 20.2 Å². The second-order valence-corrected chi connectivity index (χ2v) is 10.1. The van der Waals surface area contributed by atoms with E-state index in [9.17, 15) is 42.3 Å². The number of β-lactam (4-membered cyclic amide) rings is 1. The number of ether oxygens (including phenoxy) is 2. The Kier molecular flexibility index (Phi) is 10.7. The van der Waals surface area contributed by atoms with E-state index in [0.29, 0.717) is 5.56 Å². The number of amides is 3. The number of rotatable bonds is 11. The van der Waals surface area contributed by atoms with Gasteiger partial charge in [0.15, 0.2) is 16.4 Å². The molecule has 0 bridgehead atoms. The Morgan fingerprint density at radius 2 is 1.95 bits per heavy atom. The summed E-state index contributed by atoms with van der Waals surface area (Å²) < 4.78 is 41.6. The molecule has 1 aromatic heterocycles. The molecular formula is C19H19N7NaO12S2. The summed E-state index contributed by atoms with van der Waals surface area (Å²) in [5, 5.41) is 17.6. The van der Waals surface area contributed by atoms with Crippen molar-refractivity contribution in [3.05, 3.63) is 51.0 Å². The summed E-state index contributed by atoms with van der Waals surface area (Å²) in [5.41, 5.74) is 7.73. The fraction of sp³-hybridized carbons (Fsp3) is 0.263. The summed E-state index contributed by atoms with van der Waals surface area (Å²) >= 11 is 0.892. The molecule has 2 heterocycles. The van der Waals surface area contributed by atoms with Crippen molar-refractivity contribution in [3.63, 3.8) is 0 Å². The third kappa shape index (κ3) is 7.86. The zero-order valence-corrected chi connectivity index (χ0v) is 24.7. The van der Waals surface area contributed by atoms with Gasteiger partial charge in [-0.3, -0.25) is 24.3 Å². The Bertz CT molecular complexity index is 1500. The summed E-state index contributed by atoms with van der Waals surface area (Å²) in [7, 11) is -5.21. The molecule has 19 nitrogen and oxygen atoms in total. The number of thiazole rings is 1. The number of benzene rings is 1. The third-order valence-electron chi connectivity index (χ3n) is 5.07. The van der Waals surface area contributed by atoms with Gasteiger partial charge in [-0.25, -0.2) is 14.6 Å². The van der Waals surface area contributed by atoms with Gasteiger partial charge in [-0.2, -0.15) is 12.7 Å². The molecule has 2 atom stereocenters. The number of aromatic nitrogens is 1. The molecular weight excluding hydrogens is 605 g/mol. The number of nitrogens with one attached hydrogen (secondary N) is 1. The van der Waals surface area contributed by atoms with Crippen LogP contribution in [0.3, 0.4) is 0 Å². The molecule has 1 radical (unpaired) electrons. The van der Waals surface area contributed by atoms with Gasteiger partial charge in [-0.15, -0.1) is 11.3 Å². The van der Waals surface area contributed by atoms with Gasteiger partial charge in [0, 0.05) is 47.1 Å². The Morgan fingerprint density at radius 3 is 2.46 bits per heavy atom. The number of nitrogen functional groups attached to an aromatic ring is 1. The first kappa shape index (κ1) is 33.3. The monoisotopic (exact) mass is 624 g/mol. The molecule has 0 unspecified atom stereocenters. The number of nitro groups is 1. The Morgan fingerprint density at radius 1 is 1.32 bits per heavy atom. The van der Waals surface area contributed by atoms with E-state index in [-0.39, 0.29) is 57.0 Å². The molecule has 2 aromatic rings. The number of esters is 1. The van der Waals surface area contributed by atoms with Gasteiger partial charge < -0.3 is 31.1 Å². The van der Waals surface area contributed by atoms with Gasteiger partial charge in [-0.1, -0.05) is 5.16 Å². The van der Waals surface area contributed by atoms with Crippen molar-refractivity contribution in [2.75, 3.05) is 12.3 Å². The normalized spacial score (nSPS) is 18.4. The van der Waals surface area contributed by atoms with Crippen molar-refractivity contribution in [1.82, 2.24) is 14.6 Å². The summed E-state index contributed by atoms with van der Waals surface area (Å²) in [6, 6.07) is 5.19. The summed E-state index contributed by atoms with van der Waals surface area (Å²) in [5.74, 6) is -3.55. The van der Waals surface area contributed by atoms with Crippen molar-refractivity contribution in [2.24, 2.45) is 10.9 Å². The maximum atomic E-state index is 13.0. The van der Waals surface area contributed by atoms with Crippen LogP contribution in [0.15, 0.2) is 34.8 Å². The first-order valence-electron chi connectivity index (χ1n) is 10.5. The minimum Gasteiger partial charge on any atom is -0.458 e. The van der Waals surface area contributed by atoms with Crippen LogP contribution in [-0.4, -0.2) is 105 Å². The molecule has 22 heteroatoms. The molecule has 41 heavy (non-hydrogen) atoms. The van der Waals surface area contributed by atoms with E-state index < -0.39 is 63.2 Å². The van der Waals surface area contributed by atoms with E-state index in [1.54, 1.807) is 0 Å². The predicted molar refractivity (Wildman–Crippen MR) is 137 cm³/mol. The van der Waals surface area contributed by atoms with Crippen LogP contribution in [-0.2, 0) is 45.6 Å². The minimum absolute atomic E-state index is 0. The zero-order chi connectivity index (χ0) is 29.8. The molecule has 1 aliphatic heterocycles. The number of carbonyl (C=O) groups excluding carboxylic acids is 4. The zero-order valence-electron chi connectivity index (χ0n) is 21.1. The smallest absolute Gasteiger partial charge is 0.406 e. The van der Waals surface area contributed by atoms with Crippen LogP contribution in [0.4, 0.5) is 15.6 Å². The largest absolute Gasteiger partial charge is 0.458 e. The summed E-state index contributed by atoms with van der Waals surface area (Å²) in [6.07, 6.45) is -3.59. The number of hydrogen-bond donors (Lipinski definition) is 4. The standard InChI is InChI=1S/C19H19N7O12S2.Na/c1-19(15(29)25(40(33,34)35)16(19)38-18(21)30)23-14(28)13(11-8-39-17(20)22-11)24-37-7-12(27)36-6-9-2-4-10(5-3-9)26(31)32;/h2-5,8,16H,6-7H2,1H3,(H2,20,22)(H2,21,30)(H,23,28)(H,33,34,35);/t16-,19+;/m0./s1. The van der Waals surface area contributed by atoms with Crippen LogP contribution in [0.1, 0.15) is 18.2 Å². The predicted octanol–water partition coefficient (Wildman–Crippen LogP) is -1.34. The van der Waals surface area contributed by atoms with Gasteiger partial charge in [0.1, 0.15) is 12.3 Å². The van der Waals surface area contributed by atoms with Gasteiger partial charge >= 0.3 is 22.4 Å². The first-order chi connectivity index (χ1) is 18.6. The number of oxime groups is 1. The number of nitrogens with zero attached hydrogens (tertiary/aromatic N) is 4. The molecule has 1 fully saturated rings. The van der Waals surface area contributed by atoms with E-state index in [1.165, 1.54) is 29.6 Å². The Hall–Kier alpha value is -3.89. The van der Waals surface area contributed by atoms with Gasteiger partial charge in [0.2, 0.25) is 12.8 Å². The van der Waals surface area contributed by atoms with E-state index in [4.69, 9.17) is 21.0 Å². The topological polar surface area (TPSA) is 286 Å². The Balaban J connectivity index is 0.00000588. The number of nitrogens with two attached hydrogens (primary N) is 2. The van der Waals surface area contributed by atoms with E-state index in [0.717, 1.165) is 18.3 Å². The molecule has 1 aromatic carbocycles. The van der Waals surface area contributed by atoms with Crippen molar-refractivity contribution < 1.29 is 51.4 Å². The summed E-state index contributed by atoms with van der Waals surface area (Å²) in [6.45, 7) is -0.0959. The fourth-order valence-corrected chi connectivity index (χ4v) is 4.63. The second-order valence-electron chi connectivity index (χ2n) is 7.89. The van der Waals surface area contributed by atoms with Crippen LogP contribution in [0.2, 0.25) is 0 Å². The minimum atomic E-state index is -5.21. The van der Waals surface area contributed by atoms with E-state index >= 15 is 0 Å². The van der Waals surface area contributed by atoms with Crippen LogP contribution in [0, 0.1) is 10.1 Å². The number of primary amides is 1. The van der Waals surface area contributed by atoms with Crippen molar-refractivity contribution in [1.29, 1.82) is 0 Å². The van der Waals surface area contributed by atoms with Crippen molar-refractivity contribution >= 4 is 91.6 Å². The summed E-state index contributed by atoms with van der Waals surface area (Å²) in [4.78, 5) is 67.7. The molecule has 1 saturated heterocycles. The molecule has 3 amide bonds. The molecule has 0 aliphatic carbocycles. The average Bonchev–Trinajstić information content (AvgIpc) is 3.29. The molecule has 1 aliphatic rings. The average molecular weight is 625 g/mol. The van der Waals surface area contributed by atoms with Crippen LogP contribution in [0.25, 0.3) is 0 Å². The third-order valence-corrected chi connectivity index (χ3v) is 6.59. The number of hydrogen-bond acceptors (Lipinski definition) is 15. The van der Waals surface area contributed by atoms with Crippen molar-refractivity contribution in [3.8, 4) is 0 Å². The fourth-order valence-electron chi connectivity index (χ4n) is 3.19. The molecule has 215 valence electrons. The number of anilines is 1. The molecule has 3 rings (SSSR count). The van der Waals surface area contributed by atoms with Gasteiger partial charge in [-0.05, 0) is 24.6 Å². The van der Waals surface area contributed by atoms with E-state index in [1.807, 2.05) is 0 Å². The number of nitro benzene ring substituents is 1. The van der Waals surface area contributed by atoms with Gasteiger partial charge in [0.05, 0.1) is 4.92 Å². The molecule has 0 saturated carbocycles. The van der Waals surface area contributed by atoms with Gasteiger partial charge in [0.25, 0.3) is 17.5 Å². The van der Waals surface area contributed by atoms with Crippen LogP contribution >= 0.6 is 11.3 Å². The SMILES string of the molecule is C[C@@]1(NC(=O)C(=NOCC(=O)OCc2ccc([N+](=O)[O-])cc2)c2csc(N)n2)C(=O)N(S(=O)(=O)O)[C@H]1OC(N)=O.[Na]. The maximum absolute atomic E-state index is 13.0. The number of non-ortho nitro benzene ring substituents is 1. The van der Waals surface area contributed by atoms with Crippen LogP contribution in [0.5, 0.6) is 0 Å². The van der Waals surface area contributed by atoms with Crippen LogP contribution < -0.4 is 16.8 Å².